The summed E-state index contributed by atoms with van der Waals surface area (Å²) in [5, 5.41) is 18.6. The fraction of sp³-hybridized carbons (Fsp3) is 0.385. The molecule has 0 saturated carbocycles. The lowest BCUT2D eigenvalue weighted by Crippen LogP contribution is -2.31. The lowest BCUT2D eigenvalue weighted by Gasteiger charge is -2.19. The van der Waals surface area contributed by atoms with Gasteiger partial charge in [-0.25, -0.2) is 0 Å². The lowest BCUT2D eigenvalue weighted by molar-refractivity contribution is 0.0558. The Kier molecular flexibility index (Phi) is 4.84. The Bertz CT molecular complexity index is 571. The van der Waals surface area contributed by atoms with Crippen LogP contribution in [0.3, 0.4) is 0 Å². The Hall–Kier alpha value is -1.32. The van der Waals surface area contributed by atoms with Crippen LogP contribution in [-0.4, -0.2) is 42.3 Å². The molecule has 1 unspecified atom stereocenters. The van der Waals surface area contributed by atoms with E-state index < -0.39 is 6.04 Å². The quantitative estimate of drug-likeness (QED) is 0.844. The monoisotopic (exact) mass is 314 g/mol. The topological polar surface area (TPSA) is 73.6 Å². The SMILES string of the molecule is N#CC1c2c(Cl)ccc(Cl)c2C(=O)N1CCOCCO. The molecule has 20 heavy (non-hydrogen) atoms. The van der Waals surface area contributed by atoms with Crippen molar-refractivity contribution in [1.29, 1.82) is 5.26 Å². The molecule has 1 atom stereocenters. The van der Waals surface area contributed by atoms with Crippen LogP contribution in [0.15, 0.2) is 12.1 Å². The van der Waals surface area contributed by atoms with Crippen LogP contribution < -0.4 is 0 Å². The number of rotatable bonds is 5. The minimum absolute atomic E-state index is 0.0898. The molecule has 0 aliphatic carbocycles. The van der Waals surface area contributed by atoms with E-state index in [1.807, 2.05) is 0 Å². The van der Waals surface area contributed by atoms with Gasteiger partial charge in [-0.3, -0.25) is 4.79 Å². The number of aliphatic hydroxyl groups is 1. The van der Waals surface area contributed by atoms with Crippen LogP contribution >= 0.6 is 23.2 Å². The predicted molar refractivity (Wildman–Crippen MR) is 73.8 cm³/mol. The highest BCUT2D eigenvalue weighted by Crippen LogP contribution is 2.41. The first-order chi connectivity index (χ1) is 9.61. The van der Waals surface area contributed by atoms with Gasteiger partial charge in [0.1, 0.15) is 6.04 Å². The molecule has 106 valence electrons. The van der Waals surface area contributed by atoms with Crippen LogP contribution in [-0.2, 0) is 4.74 Å². The highest BCUT2D eigenvalue weighted by molar-refractivity contribution is 6.37. The second kappa shape index (κ2) is 6.42. The van der Waals surface area contributed by atoms with Gasteiger partial charge in [0.05, 0.1) is 36.5 Å². The zero-order valence-corrected chi connectivity index (χ0v) is 12.0. The molecular formula is C13H12Cl2N2O3. The van der Waals surface area contributed by atoms with Gasteiger partial charge in [-0.05, 0) is 12.1 Å². The maximum Gasteiger partial charge on any atom is 0.257 e. The number of nitriles is 1. The van der Waals surface area contributed by atoms with Crippen molar-refractivity contribution < 1.29 is 14.6 Å². The minimum atomic E-state index is -0.763. The predicted octanol–water partition coefficient (Wildman–Crippen LogP) is 2.02. The van der Waals surface area contributed by atoms with E-state index in [0.29, 0.717) is 10.6 Å². The molecule has 1 aromatic carbocycles. The van der Waals surface area contributed by atoms with Crippen molar-refractivity contribution in [2.24, 2.45) is 0 Å². The minimum Gasteiger partial charge on any atom is -0.394 e. The molecular weight excluding hydrogens is 303 g/mol. The van der Waals surface area contributed by atoms with Gasteiger partial charge in [-0.1, -0.05) is 23.2 Å². The number of carbonyl (C=O) groups excluding carboxylic acids is 1. The molecule has 1 heterocycles. The highest BCUT2D eigenvalue weighted by Gasteiger charge is 2.39. The molecule has 2 rings (SSSR count). The van der Waals surface area contributed by atoms with Crippen LogP contribution in [0.1, 0.15) is 22.0 Å². The molecule has 0 saturated heterocycles. The summed E-state index contributed by atoms with van der Waals surface area (Å²) in [5.41, 5.74) is 0.738. The van der Waals surface area contributed by atoms with E-state index >= 15 is 0 Å². The molecule has 0 bridgehead atoms. The van der Waals surface area contributed by atoms with Gasteiger partial charge in [-0.2, -0.15) is 5.26 Å². The Morgan fingerprint density at radius 2 is 2.05 bits per heavy atom. The van der Waals surface area contributed by atoms with Crippen molar-refractivity contribution in [3.8, 4) is 6.07 Å². The number of aliphatic hydroxyl groups excluding tert-OH is 1. The van der Waals surface area contributed by atoms with Crippen molar-refractivity contribution in [3.63, 3.8) is 0 Å². The fourth-order valence-electron chi connectivity index (χ4n) is 2.16. The van der Waals surface area contributed by atoms with Crippen LogP contribution in [0.2, 0.25) is 10.0 Å². The largest absolute Gasteiger partial charge is 0.394 e. The third-order valence-corrected chi connectivity index (χ3v) is 3.68. The Labute approximate surface area is 126 Å². The van der Waals surface area contributed by atoms with Crippen LogP contribution in [0.25, 0.3) is 0 Å². The molecule has 1 amide bonds. The highest BCUT2D eigenvalue weighted by atomic mass is 35.5. The molecule has 1 aliphatic heterocycles. The summed E-state index contributed by atoms with van der Waals surface area (Å²) in [4.78, 5) is 13.7. The number of amides is 1. The van der Waals surface area contributed by atoms with Gasteiger partial charge in [0.15, 0.2) is 0 Å². The van der Waals surface area contributed by atoms with E-state index in [1.165, 1.54) is 4.90 Å². The summed E-state index contributed by atoms with van der Waals surface area (Å²) in [5.74, 6) is -0.327. The summed E-state index contributed by atoms with van der Waals surface area (Å²) in [7, 11) is 0. The molecule has 0 radical (unpaired) electrons. The van der Waals surface area contributed by atoms with E-state index in [1.54, 1.807) is 12.1 Å². The molecule has 0 spiro atoms. The van der Waals surface area contributed by atoms with Crippen molar-refractivity contribution >= 4 is 29.1 Å². The lowest BCUT2D eigenvalue weighted by atomic mass is 10.1. The van der Waals surface area contributed by atoms with Crippen molar-refractivity contribution in [3.05, 3.63) is 33.3 Å². The van der Waals surface area contributed by atoms with Crippen LogP contribution in [0.4, 0.5) is 0 Å². The summed E-state index contributed by atoms with van der Waals surface area (Å²) in [6, 6.07) is 4.42. The van der Waals surface area contributed by atoms with Crippen LogP contribution in [0.5, 0.6) is 0 Å². The molecule has 0 fully saturated rings. The zero-order valence-electron chi connectivity index (χ0n) is 10.5. The van der Waals surface area contributed by atoms with E-state index in [4.69, 9.17) is 33.0 Å². The number of halogens is 2. The first-order valence-corrected chi connectivity index (χ1v) is 6.74. The van der Waals surface area contributed by atoms with Gasteiger partial charge < -0.3 is 14.7 Å². The second-order valence-corrected chi connectivity index (χ2v) is 5.00. The van der Waals surface area contributed by atoms with Crippen molar-refractivity contribution in [1.82, 2.24) is 4.90 Å². The standard InChI is InChI=1S/C13H12Cl2N2O3/c14-8-1-2-9(15)12-11(8)10(7-16)17(13(12)19)3-5-20-6-4-18/h1-2,10,18H,3-6H2. The van der Waals surface area contributed by atoms with E-state index in [9.17, 15) is 10.1 Å². The average molecular weight is 315 g/mol. The molecule has 1 aliphatic rings. The molecule has 1 aromatic rings. The third-order valence-electron chi connectivity index (χ3n) is 3.04. The normalized spacial score (nSPS) is 17.2. The summed E-state index contributed by atoms with van der Waals surface area (Å²) in [6.45, 7) is 0.563. The molecule has 5 nitrogen and oxygen atoms in total. The van der Waals surface area contributed by atoms with Crippen LogP contribution in [0, 0.1) is 11.3 Å². The van der Waals surface area contributed by atoms with Crippen molar-refractivity contribution in [2.45, 2.75) is 6.04 Å². The summed E-state index contributed by atoms with van der Waals surface area (Å²) >= 11 is 12.1. The Balaban J connectivity index is 2.26. The molecule has 7 heteroatoms. The van der Waals surface area contributed by atoms with Gasteiger partial charge in [0.2, 0.25) is 0 Å². The number of fused-ring (bicyclic) bond motifs is 1. The number of benzene rings is 1. The van der Waals surface area contributed by atoms with E-state index in [-0.39, 0.29) is 42.9 Å². The Morgan fingerprint density at radius 3 is 2.70 bits per heavy atom. The smallest absolute Gasteiger partial charge is 0.257 e. The average Bonchev–Trinajstić information content (AvgIpc) is 2.73. The maximum atomic E-state index is 12.3. The summed E-state index contributed by atoms with van der Waals surface area (Å²) in [6.07, 6.45) is 0. The second-order valence-electron chi connectivity index (χ2n) is 4.18. The number of nitrogens with zero attached hydrogens (tertiary/aromatic N) is 2. The third kappa shape index (κ3) is 2.60. The van der Waals surface area contributed by atoms with Crippen molar-refractivity contribution in [2.75, 3.05) is 26.4 Å². The number of ether oxygens (including phenoxy) is 1. The number of hydrogen-bond acceptors (Lipinski definition) is 4. The van der Waals surface area contributed by atoms with Gasteiger partial charge in [0.25, 0.3) is 5.91 Å². The van der Waals surface area contributed by atoms with E-state index in [2.05, 4.69) is 6.07 Å². The zero-order chi connectivity index (χ0) is 14.7. The Morgan fingerprint density at radius 1 is 1.35 bits per heavy atom. The fourth-order valence-corrected chi connectivity index (χ4v) is 2.67. The molecule has 0 aromatic heterocycles. The maximum absolute atomic E-state index is 12.3. The first kappa shape index (κ1) is 15.1. The number of hydrogen-bond donors (Lipinski definition) is 1. The van der Waals surface area contributed by atoms with E-state index in [0.717, 1.165) is 0 Å². The summed E-state index contributed by atoms with van der Waals surface area (Å²) < 4.78 is 5.13. The first-order valence-electron chi connectivity index (χ1n) is 5.99. The van der Waals surface area contributed by atoms with Gasteiger partial charge in [-0.15, -0.1) is 0 Å². The number of carbonyl (C=O) groups is 1. The van der Waals surface area contributed by atoms with Gasteiger partial charge in [0, 0.05) is 17.1 Å². The molecule has 1 N–H and O–H groups in total. The van der Waals surface area contributed by atoms with Gasteiger partial charge >= 0.3 is 0 Å².